The third-order valence-corrected chi connectivity index (χ3v) is 6.01. The molecule has 124 valence electrons. The van der Waals surface area contributed by atoms with Crippen molar-refractivity contribution in [3.8, 4) is 0 Å². The van der Waals surface area contributed by atoms with Gasteiger partial charge in [-0.3, -0.25) is 4.98 Å². The average molecular weight is 342 g/mol. The highest BCUT2D eigenvalue weighted by Crippen LogP contribution is 2.47. The number of benzene rings is 4. The van der Waals surface area contributed by atoms with E-state index in [1.165, 1.54) is 59.4 Å². The predicted octanol–water partition coefficient (Wildman–Crippen LogP) is 6.77. The van der Waals surface area contributed by atoms with Crippen LogP contribution in [0.3, 0.4) is 0 Å². The maximum Gasteiger partial charge on any atom is 0.0715 e. The van der Waals surface area contributed by atoms with Gasteiger partial charge in [-0.05, 0) is 44.5 Å². The van der Waals surface area contributed by atoms with Gasteiger partial charge in [0.15, 0.2) is 0 Å². The molecule has 0 atom stereocenters. The largest absolute Gasteiger partial charge is 0.361 e. The number of fused-ring (bicyclic) bond motifs is 10. The van der Waals surface area contributed by atoms with Crippen molar-refractivity contribution in [2.45, 2.75) is 0 Å². The number of nitrogens with one attached hydrogen (secondary N) is 1. The van der Waals surface area contributed by atoms with E-state index in [0.29, 0.717) is 0 Å². The van der Waals surface area contributed by atoms with E-state index < -0.39 is 0 Å². The minimum Gasteiger partial charge on any atom is -0.361 e. The van der Waals surface area contributed by atoms with Gasteiger partial charge in [-0.2, -0.15) is 0 Å². The number of hydrogen-bond donors (Lipinski definition) is 1. The monoisotopic (exact) mass is 342 g/mol. The van der Waals surface area contributed by atoms with Crippen LogP contribution in [-0.2, 0) is 0 Å². The second-order valence-electron chi connectivity index (χ2n) is 7.29. The highest BCUT2D eigenvalue weighted by molar-refractivity contribution is 6.44. The molecule has 0 unspecified atom stereocenters. The van der Waals surface area contributed by atoms with E-state index in [2.05, 4.69) is 82.9 Å². The lowest BCUT2D eigenvalue weighted by atomic mass is 9.94. The first-order valence-electron chi connectivity index (χ1n) is 9.25. The van der Waals surface area contributed by atoms with Crippen LogP contribution in [0.15, 0.2) is 79.1 Å². The van der Waals surface area contributed by atoms with Crippen molar-refractivity contribution in [3.63, 3.8) is 0 Å². The molecular formula is C25H14N2. The molecule has 0 amide bonds. The predicted molar refractivity (Wildman–Crippen MR) is 115 cm³/mol. The number of hydrogen-bond acceptors (Lipinski definition) is 1. The number of nitrogens with zero attached hydrogens (tertiary/aromatic N) is 1. The van der Waals surface area contributed by atoms with Crippen LogP contribution in [0.5, 0.6) is 0 Å². The van der Waals surface area contributed by atoms with Crippen molar-refractivity contribution in [2.24, 2.45) is 0 Å². The Balaban J connectivity index is 1.99. The van der Waals surface area contributed by atoms with Crippen molar-refractivity contribution >= 4 is 64.9 Å². The molecule has 0 bridgehead atoms. The van der Waals surface area contributed by atoms with E-state index in [1.807, 2.05) is 6.20 Å². The first kappa shape index (κ1) is 13.5. The first-order chi connectivity index (χ1) is 13.4. The number of rotatable bonds is 0. The molecule has 2 nitrogen and oxygen atoms in total. The van der Waals surface area contributed by atoms with E-state index in [1.54, 1.807) is 0 Å². The van der Waals surface area contributed by atoms with Gasteiger partial charge in [0.1, 0.15) is 0 Å². The summed E-state index contributed by atoms with van der Waals surface area (Å²) >= 11 is 0. The van der Waals surface area contributed by atoms with Crippen LogP contribution in [0.2, 0.25) is 0 Å². The van der Waals surface area contributed by atoms with Gasteiger partial charge in [-0.15, -0.1) is 0 Å². The molecule has 0 saturated heterocycles. The summed E-state index contributed by atoms with van der Waals surface area (Å²) < 4.78 is 0. The summed E-state index contributed by atoms with van der Waals surface area (Å²) in [6.45, 7) is 0. The van der Waals surface area contributed by atoms with Gasteiger partial charge in [0.25, 0.3) is 0 Å². The van der Waals surface area contributed by atoms with Gasteiger partial charge in [0.2, 0.25) is 0 Å². The molecule has 7 aromatic rings. The summed E-state index contributed by atoms with van der Waals surface area (Å²) in [4.78, 5) is 8.20. The summed E-state index contributed by atoms with van der Waals surface area (Å²) in [5.74, 6) is 0. The van der Waals surface area contributed by atoms with E-state index in [4.69, 9.17) is 0 Å². The SMILES string of the molecule is c1c[nH]c2c(c1)ccc1c3ccccc3c3c4cccc5ncc(c54)c3c12. The summed E-state index contributed by atoms with van der Waals surface area (Å²) in [6, 6.07) is 24.0. The Hall–Kier alpha value is -3.65. The van der Waals surface area contributed by atoms with E-state index in [-0.39, 0.29) is 0 Å². The third kappa shape index (κ3) is 1.51. The molecule has 0 aliphatic heterocycles. The number of H-pyrrole nitrogens is 1. The minimum absolute atomic E-state index is 1.08. The lowest BCUT2D eigenvalue weighted by Crippen LogP contribution is -1.85. The van der Waals surface area contributed by atoms with Crippen LogP contribution in [-0.4, -0.2) is 9.97 Å². The van der Waals surface area contributed by atoms with E-state index in [9.17, 15) is 0 Å². The molecular weight excluding hydrogens is 328 g/mol. The van der Waals surface area contributed by atoms with Crippen molar-refractivity contribution < 1.29 is 0 Å². The molecule has 2 aromatic heterocycles. The molecule has 0 aliphatic rings. The Kier molecular flexibility index (Phi) is 2.28. The summed E-state index contributed by atoms with van der Waals surface area (Å²) in [7, 11) is 0. The van der Waals surface area contributed by atoms with Crippen LogP contribution in [0.4, 0.5) is 0 Å². The fraction of sp³-hybridized carbons (Fsp3) is 0. The molecule has 0 fully saturated rings. The van der Waals surface area contributed by atoms with E-state index in [0.717, 1.165) is 5.52 Å². The molecule has 0 aliphatic carbocycles. The van der Waals surface area contributed by atoms with Gasteiger partial charge in [0.05, 0.1) is 11.0 Å². The van der Waals surface area contributed by atoms with Gasteiger partial charge in [-0.1, -0.05) is 54.6 Å². The second kappa shape index (κ2) is 4.54. The number of aromatic amines is 1. The Morgan fingerprint density at radius 1 is 0.556 bits per heavy atom. The van der Waals surface area contributed by atoms with E-state index >= 15 is 0 Å². The Labute approximate surface area is 154 Å². The lowest BCUT2D eigenvalue weighted by Gasteiger charge is -2.11. The van der Waals surface area contributed by atoms with Gasteiger partial charge in [-0.25, -0.2) is 0 Å². The zero-order chi connectivity index (χ0) is 17.5. The third-order valence-electron chi connectivity index (χ3n) is 6.01. The Bertz CT molecular complexity index is 1660. The van der Waals surface area contributed by atoms with Gasteiger partial charge in [0, 0.05) is 33.9 Å². The van der Waals surface area contributed by atoms with Crippen LogP contribution < -0.4 is 0 Å². The van der Waals surface area contributed by atoms with Gasteiger partial charge >= 0.3 is 0 Å². The molecule has 2 heterocycles. The highest BCUT2D eigenvalue weighted by atomic mass is 14.7. The maximum absolute atomic E-state index is 4.69. The molecule has 27 heavy (non-hydrogen) atoms. The standard InChI is InChI=1S/C25H14N2/c1-2-7-16-15(6-1)17-11-10-14-5-4-12-26-25(14)24(17)23-19-13-27-20-9-3-8-18(21(19)20)22(16)23/h1-13,26H. The normalized spacial score (nSPS) is 12.4. The van der Waals surface area contributed by atoms with Crippen molar-refractivity contribution in [1.82, 2.24) is 9.97 Å². The minimum atomic E-state index is 1.08. The van der Waals surface area contributed by atoms with Crippen LogP contribution in [0, 0.1) is 0 Å². The number of pyridine rings is 1. The highest BCUT2D eigenvalue weighted by Gasteiger charge is 2.20. The van der Waals surface area contributed by atoms with Crippen LogP contribution in [0.1, 0.15) is 0 Å². The zero-order valence-corrected chi connectivity index (χ0v) is 14.5. The Morgan fingerprint density at radius 3 is 2.37 bits per heavy atom. The summed E-state index contributed by atoms with van der Waals surface area (Å²) in [5, 5.41) is 13.0. The van der Waals surface area contributed by atoms with Crippen LogP contribution in [0.25, 0.3) is 64.9 Å². The second-order valence-corrected chi connectivity index (χ2v) is 7.29. The molecule has 5 aromatic carbocycles. The summed E-state index contributed by atoms with van der Waals surface area (Å²) in [6.07, 6.45) is 4.07. The molecule has 0 spiro atoms. The quantitative estimate of drug-likeness (QED) is 0.303. The number of aromatic nitrogens is 2. The summed E-state index contributed by atoms with van der Waals surface area (Å²) in [5.41, 5.74) is 2.28. The molecule has 2 heteroatoms. The lowest BCUT2D eigenvalue weighted by molar-refractivity contribution is 1.43. The van der Waals surface area contributed by atoms with Crippen LogP contribution >= 0.6 is 0 Å². The molecule has 7 rings (SSSR count). The Morgan fingerprint density at radius 2 is 1.41 bits per heavy atom. The van der Waals surface area contributed by atoms with Gasteiger partial charge < -0.3 is 4.98 Å². The van der Waals surface area contributed by atoms with Crippen molar-refractivity contribution in [1.29, 1.82) is 0 Å². The van der Waals surface area contributed by atoms with Crippen molar-refractivity contribution in [3.05, 3.63) is 79.1 Å². The smallest absolute Gasteiger partial charge is 0.0715 e. The first-order valence-corrected chi connectivity index (χ1v) is 9.25. The molecule has 0 radical (unpaired) electrons. The fourth-order valence-corrected chi connectivity index (χ4v) is 4.95. The average Bonchev–Trinajstić information content (AvgIpc) is 3.31. The topological polar surface area (TPSA) is 28.7 Å². The maximum atomic E-state index is 4.69. The molecule has 1 N–H and O–H groups in total. The van der Waals surface area contributed by atoms with Crippen molar-refractivity contribution in [2.75, 3.05) is 0 Å². The fourth-order valence-electron chi connectivity index (χ4n) is 4.95. The molecule has 0 saturated carbocycles. The zero-order valence-electron chi connectivity index (χ0n) is 14.5.